The highest BCUT2D eigenvalue weighted by atomic mass is 16.5. The Morgan fingerprint density at radius 2 is 1.90 bits per heavy atom. The summed E-state index contributed by atoms with van der Waals surface area (Å²) in [4.78, 5) is 44.3. The maximum atomic E-state index is 13.3. The average molecular weight is 429 g/mol. The van der Waals surface area contributed by atoms with Crippen LogP contribution in [0.15, 0.2) is 30.3 Å². The second-order valence-corrected chi connectivity index (χ2v) is 8.77. The fourth-order valence-corrected chi connectivity index (χ4v) is 4.93. The van der Waals surface area contributed by atoms with Crippen molar-refractivity contribution < 1.29 is 19.1 Å². The maximum absolute atomic E-state index is 13.3. The summed E-state index contributed by atoms with van der Waals surface area (Å²) < 4.78 is 5.59. The van der Waals surface area contributed by atoms with Gasteiger partial charge in [-0.15, -0.1) is 0 Å². The molecule has 1 aromatic carbocycles. The van der Waals surface area contributed by atoms with E-state index < -0.39 is 5.54 Å². The topological polar surface area (TPSA) is 82.2 Å². The lowest BCUT2D eigenvalue weighted by Crippen LogP contribution is -2.56. The molecule has 4 amide bonds. The van der Waals surface area contributed by atoms with Crippen molar-refractivity contribution in [2.24, 2.45) is 0 Å². The number of hydrogen-bond donors (Lipinski definition) is 1. The summed E-state index contributed by atoms with van der Waals surface area (Å²) in [6.45, 7) is 5.75. The van der Waals surface area contributed by atoms with Gasteiger partial charge in [-0.05, 0) is 50.8 Å². The summed E-state index contributed by atoms with van der Waals surface area (Å²) in [5.74, 6) is 0.409. The van der Waals surface area contributed by atoms with Gasteiger partial charge in [0, 0.05) is 26.2 Å². The van der Waals surface area contributed by atoms with E-state index in [0.29, 0.717) is 31.7 Å². The minimum absolute atomic E-state index is 0.0475. The smallest absolute Gasteiger partial charge is 0.325 e. The minimum Gasteiger partial charge on any atom is -0.484 e. The Kier molecular flexibility index (Phi) is 6.46. The molecular formula is C23H32N4O4. The summed E-state index contributed by atoms with van der Waals surface area (Å²) >= 11 is 0. The lowest BCUT2D eigenvalue weighted by atomic mass is 9.87. The summed E-state index contributed by atoms with van der Waals surface area (Å²) in [7, 11) is 0. The van der Waals surface area contributed by atoms with Crippen LogP contribution in [0.3, 0.4) is 0 Å². The van der Waals surface area contributed by atoms with Crippen LogP contribution in [0, 0.1) is 0 Å². The lowest BCUT2D eigenvalue weighted by Gasteiger charge is -2.39. The van der Waals surface area contributed by atoms with Crippen molar-refractivity contribution in [3.63, 3.8) is 0 Å². The van der Waals surface area contributed by atoms with Crippen LogP contribution >= 0.6 is 0 Å². The molecule has 168 valence electrons. The molecule has 1 unspecified atom stereocenters. The Bertz CT molecular complexity index is 807. The molecule has 1 spiro atoms. The van der Waals surface area contributed by atoms with Crippen LogP contribution in [0.5, 0.6) is 5.75 Å². The molecule has 3 aliphatic heterocycles. The number of carbonyl (C=O) groups is 3. The van der Waals surface area contributed by atoms with Crippen LogP contribution < -0.4 is 10.1 Å². The maximum Gasteiger partial charge on any atom is 0.325 e. The fraction of sp³-hybridized carbons (Fsp3) is 0.609. The standard InChI is InChI=1S/C23H32N4O4/c1-2-12-25-14-10-23(11-15-25)21(29)27(22(30)24-23)18-7-6-13-26(16-18)20(28)17-31-19-8-4-3-5-9-19/h3-5,8-9,18H,2,6-7,10-17H2,1H3,(H,24,30). The van der Waals surface area contributed by atoms with Crippen molar-refractivity contribution in [1.82, 2.24) is 20.0 Å². The van der Waals surface area contributed by atoms with Gasteiger partial charge >= 0.3 is 6.03 Å². The fourth-order valence-electron chi connectivity index (χ4n) is 4.93. The van der Waals surface area contributed by atoms with E-state index in [9.17, 15) is 14.4 Å². The van der Waals surface area contributed by atoms with Gasteiger partial charge < -0.3 is 19.9 Å². The highest BCUT2D eigenvalue weighted by Crippen LogP contribution is 2.32. The number of piperidine rings is 2. The third-order valence-electron chi connectivity index (χ3n) is 6.66. The minimum atomic E-state index is -0.774. The number of nitrogens with zero attached hydrogens (tertiary/aromatic N) is 3. The normalized spacial score (nSPS) is 23.8. The molecule has 4 rings (SSSR count). The van der Waals surface area contributed by atoms with E-state index in [1.165, 1.54) is 4.90 Å². The summed E-state index contributed by atoms with van der Waals surface area (Å²) in [5, 5.41) is 3.00. The van der Waals surface area contributed by atoms with Crippen LogP contribution in [0.25, 0.3) is 0 Å². The summed E-state index contributed by atoms with van der Waals surface area (Å²) in [5.41, 5.74) is -0.774. The Balaban J connectivity index is 1.36. The average Bonchev–Trinajstić information content (AvgIpc) is 3.03. The van der Waals surface area contributed by atoms with E-state index in [2.05, 4.69) is 17.1 Å². The van der Waals surface area contributed by atoms with Crippen LogP contribution in [-0.2, 0) is 9.59 Å². The first-order chi connectivity index (χ1) is 15.0. The number of para-hydroxylation sites is 1. The molecule has 1 aromatic rings. The monoisotopic (exact) mass is 428 g/mol. The zero-order valence-electron chi connectivity index (χ0n) is 18.2. The first-order valence-corrected chi connectivity index (χ1v) is 11.4. The van der Waals surface area contributed by atoms with Gasteiger partial charge in [0.05, 0.1) is 6.04 Å². The van der Waals surface area contributed by atoms with E-state index in [0.717, 1.165) is 38.9 Å². The second kappa shape index (κ2) is 9.26. The third-order valence-corrected chi connectivity index (χ3v) is 6.66. The van der Waals surface area contributed by atoms with Crippen LogP contribution in [0.2, 0.25) is 0 Å². The highest BCUT2D eigenvalue weighted by Gasteiger charge is 2.54. The first-order valence-electron chi connectivity index (χ1n) is 11.4. The van der Waals surface area contributed by atoms with Gasteiger partial charge in [0.2, 0.25) is 0 Å². The Hall–Kier alpha value is -2.61. The number of imide groups is 1. The van der Waals surface area contributed by atoms with Crippen LogP contribution in [0.4, 0.5) is 4.79 Å². The molecule has 1 atom stereocenters. The number of urea groups is 1. The Morgan fingerprint density at radius 1 is 1.16 bits per heavy atom. The molecule has 31 heavy (non-hydrogen) atoms. The predicted molar refractivity (Wildman–Crippen MR) is 116 cm³/mol. The zero-order valence-corrected chi connectivity index (χ0v) is 18.2. The van der Waals surface area contributed by atoms with Gasteiger partial charge in [-0.1, -0.05) is 25.1 Å². The van der Waals surface area contributed by atoms with Crippen LogP contribution in [0.1, 0.15) is 39.0 Å². The number of hydrogen-bond acceptors (Lipinski definition) is 5. The van der Waals surface area contributed by atoms with Crippen molar-refractivity contribution in [2.45, 2.75) is 50.6 Å². The summed E-state index contributed by atoms with van der Waals surface area (Å²) in [6.07, 6.45) is 3.86. The molecule has 3 saturated heterocycles. The molecule has 0 aromatic heterocycles. The van der Waals surface area contributed by atoms with Crippen molar-refractivity contribution >= 4 is 17.8 Å². The molecule has 3 aliphatic rings. The quantitative estimate of drug-likeness (QED) is 0.700. The van der Waals surface area contributed by atoms with Crippen molar-refractivity contribution in [1.29, 1.82) is 0 Å². The third kappa shape index (κ3) is 4.54. The van der Waals surface area contributed by atoms with E-state index in [-0.39, 0.29) is 30.5 Å². The number of benzene rings is 1. The SMILES string of the molecule is CCCN1CCC2(CC1)NC(=O)N(C1CCCN(C(=O)COc3ccccc3)C1)C2=O. The molecule has 0 saturated carbocycles. The molecule has 0 bridgehead atoms. The summed E-state index contributed by atoms with van der Waals surface area (Å²) in [6, 6.07) is 8.63. The number of carbonyl (C=O) groups excluding carboxylic acids is 3. The molecule has 3 heterocycles. The molecule has 8 heteroatoms. The van der Waals surface area contributed by atoms with Gasteiger partial charge in [0.1, 0.15) is 11.3 Å². The van der Waals surface area contributed by atoms with E-state index in [1.54, 1.807) is 4.90 Å². The molecule has 0 radical (unpaired) electrons. The number of amides is 4. The van der Waals surface area contributed by atoms with E-state index >= 15 is 0 Å². The molecule has 0 aliphatic carbocycles. The molecule has 3 fully saturated rings. The van der Waals surface area contributed by atoms with Crippen molar-refractivity contribution in [3.05, 3.63) is 30.3 Å². The molecule has 1 N–H and O–H groups in total. The Labute approximate surface area is 183 Å². The highest BCUT2D eigenvalue weighted by molar-refractivity contribution is 6.07. The van der Waals surface area contributed by atoms with Crippen molar-refractivity contribution in [2.75, 3.05) is 39.3 Å². The van der Waals surface area contributed by atoms with E-state index in [4.69, 9.17) is 4.74 Å². The Morgan fingerprint density at radius 3 is 2.61 bits per heavy atom. The van der Waals surface area contributed by atoms with Gasteiger partial charge in [-0.3, -0.25) is 14.5 Å². The van der Waals surface area contributed by atoms with Gasteiger partial charge in [-0.25, -0.2) is 4.79 Å². The first kappa shape index (κ1) is 21.6. The van der Waals surface area contributed by atoms with Gasteiger partial charge in [0.25, 0.3) is 11.8 Å². The number of rotatable bonds is 6. The molecular weight excluding hydrogens is 396 g/mol. The number of nitrogens with one attached hydrogen (secondary N) is 1. The van der Waals surface area contributed by atoms with Crippen LogP contribution in [-0.4, -0.2) is 83.5 Å². The second-order valence-electron chi connectivity index (χ2n) is 8.77. The number of ether oxygens (including phenoxy) is 1. The predicted octanol–water partition coefficient (Wildman–Crippen LogP) is 1.85. The lowest BCUT2D eigenvalue weighted by molar-refractivity contribution is -0.140. The molecule has 8 nitrogen and oxygen atoms in total. The van der Waals surface area contributed by atoms with Gasteiger partial charge in [-0.2, -0.15) is 0 Å². The van der Waals surface area contributed by atoms with Crippen molar-refractivity contribution in [3.8, 4) is 5.75 Å². The van der Waals surface area contributed by atoms with Gasteiger partial charge in [0.15, 0.2) is 6.61 Å². The zero-order chi connectivity index (χ0) is 21.8. The van der Waals surface area contributed by atoms with E-state index in [1.807, 2.05) is 30.3 Å². The number of likely N-dealkylation sites (tertiary alicyclic amines) is 2. The largest absolute Gasteiger partial charge is 0.484 e.